The first-order chi connectivity index (χ1) is 30.5. The fraction of sp³-hybridized carbons (Fsp3) is 0.381. The smallest absolute Gasteiger partial charge is 0.726 e. The third-order valence-corrected chi connectivity index (χ3v) is 10.3. The quantitative estimate of drug-likeness (QED) is 0.0415. The maximum atomic E-state index is 12.2. The van der Waals surface area contributed by atoms with E-state index < -0.39 is 101 Å². The predicted molar refractivity (Wildman–Crippen MR) is 220 cm³/mol. The van der Waals surface area contributed by atoms with Gasteiger partial charge in [0, 0.05) is 13.8 Å². The van der Waals surface area contributed by atoms with E-state index in [0.29, 0.717) is 11.5 Å². The number of aliphatic hydroxyl groups is 2. The zero-order valence-electron chi connectivity index (χ0n) is 36.4. The minimum absolute atomic E-state index is 0. The largest absolute Gasteiger partial charge is 1.00 e. The number of amides is 2. The molecule has 2 fully saturated rings. The van der Waals surface area contributed by atoms with E-state index in [9.17, 15) is 45.7 Å². The Balaban J connectivity index is 0.000000372. The second-order valence-corrected chi connectivity index (χ2v) is 16.3. The van der Waals surface area contributed by atoms with Gasteiger partial charge in [0.05, 0.1) is 26.4 Å². The van der Waals surface area contributed by atoms with Gasteiger partial charge in [-0.25, -0.2) is 16.8 Å². The Hall–Kier alpha value is -3.08. The Bertz CT molecular complexity index is 2280. The molecule has 0 aromatic heterocycles. The van der Waals surface area contributed by atoms with Crippen molar-refractivity contribution in [3.63, 3.8) is 0 Å². The molecule has 20 nitrogen and oxygen atoms in total. The topological polar surface area (TPSA) is 287 Å². The van der Waals surface area contributed by atoms with Crippen molar-refractivity contribution < 1.29 is 142 Å². The van der Waals surface area contributed by atoms with Crippen molar-refractivity contribution in [2.45, 2.75) is 88.3 Å². The Labute approximate surface area is 427 Å². The van der Waals surface area contributed by atoms with E-state index in [1.54, 1.807) is 54.6 Å². The molecule has 0 spiro atoms. The summed E-state index contributed by atoms with van der Waals surface area (Å²) in [5, 5.41) is 24.8. The SMILES string of the molecule is CC(=O)NC1[C@H](Oc2ccccc2)OC(CO)[C@H](OS(=O)(=O)[O-])[C@@H]1O.CC(=O)NC1[C@H](Oc2ccccc2)OC(COCc2ccccc2)[C@H](OS(=O)(=O)[O-])[C@@H]1OCc1ccccc1.[Na+].[Na+]. The van der Waals surface area contributed by atoms with E-state index in [4.69, 9.17) is 32.6 Å². The summed E-state index contributed by atoms with van der Waals surface area (Å²) in [6.45, 7) is 1.80. The summed E-state index contributed by atoms with van der Waals surface area (Å²) >= 11 is 0. The van der Waals surface area contributed by atoms with Crippen molar-refractivity contribution in [3.05, 3.63) is 132 Å². The molecule has 10 atom stereocenters. The first-order valence-corrected chi connectivity index (χ1v) is 22.3. The van der Waals surface area contributed by atoms with E-state index in [1.807, 2.05) is 66.7 Å². The van der Waals surface area contributed by atoms with Crippen molar-refractivity contribution in [2.75, 3.05) is 13.2 Å². The molecule has 24 heteroatoms. The van der Waals surface area contributed by atoms with Crippen LogP contribution in [0.1, 0.15) is 25.0 Å². The van der Waals surface area contributed by atoms with Crippen LogP contribution in [-0.4, -0.2) is 122 Å². The average molecular weight is 979 g/mol. The van der Waals surface area contributed by atoms with Crippen LogP contribution in [0.5, 0.6) is 11.5 Å². The summed E-state index contributed by atoms with van der Waals surface area (Å²) in [5.74, 6) is -0.205. The van der Waals surface area contributed by atoms with Crippen LogP contribution in [0, 0.1) is 0 Å². The molecule has 2 aliphatic heterocycles. The second-order valence-electron chi connectivity index (χ2n) is 14.3. The molecule has 2 aliphatic rings. The molecule has 0 saturated carbocycles. The molecule has 2 heterocycles. The second kappa shape index (κ2) is 27.8. The molecular formula is C42H48N2Na2O18S2. The van der Waals surface area contributed by atoms with Crippen molar-refractivity contribution >= 4 is 32.6 Å². The van der Waals surface area contributed by atoms with E-state index in [-0.39, 0.29) is 78.9 Å². The van der Waals surface area contributed by atoms with Gasteiger partial charge in [-0.3, -0.25) is 18.0 Å². The number of ether oxygens (including phenoxy) is 6. The molecule has 66 heavy (non-hydrogen) atoms. The monoisotopic (exact) mass is 978 g/mol. The summed E-state index contributed by atoms with van der Waals surface area (Å²) in [7, 11) is -10.4. The van der Waals surface area contributed by atoms with Gasteiger partial charge in [0.1, 0.15) is 60.2 Å². The Morgan fingerprint density at radius 3 is 1.47 bits per heavy atom. The van der Waals surface area contributed by atoms with Gasteiger partial charge in [0.2, 0.25) is 45.2 Å². The number of hydrogen-bond acceptors (Lipinski definition) is 18. The maximum Gasteiger partial charge on any atom is 1.00 e. The summed E-state index contributed by atoms with van der Waals surface area (Å²) in [6, 6.07) is 33.3. The Morgan fingerprint density at radius 2 is 1.02 bits per heavy atom. The van der Waals surface area contributed by atoms with Gasteiger partial charge in [-0.2, -0.15) is 0 Å². The average Bonchev–Trinajstić information content (AvgIpc) is 3.25. The third kappa shape index (κ3) is 18.8. The molecule has 4 aromatic rings. The van der Waals surface area contributed by atoms with Gasteiger partial charge < -0.3 is 58.4 Å². The zero-order chi connectivity index (χ0) is 46.3. The molecule has 348 valence electrons. The van der Waals surface area contributed by atoms with Gasteiger partial charge in [-0.15, -0.1) is 0 Å². The number of benzene rings is 4. The van der Waals surface area contributed by atoms with Gasteiger partial charge >= 0.3 is 59.1 Å². The standard InChI is InChI=1S/C28H31NO9S.C14H19NO9S.2Na/c1-20(30)29-25-27(35-18-22-13-7-3-8-14-22)26(38-39(31,32)33)24(19-34-17-21-11-5-2-6-12-21)37-28(25)36-23-15-9-4-10-16-23;1-8(17)15-11-12(18)13(24-25(19,20)21)10(7-16)23-14(11)22-9-5-3-2-4-6-9;;/h2-16,24-28H,17-19H2,1H3,(H,29,30)(H,31,32,33);2-6,10-14,16,18H,7H2,1H3,(H,15,17)(H,19,20,21);;/q;;2*+1/p-2/t24?,25?,26-,27+,28+;10?,11?,12-,13+,14-;;/m01../s1. The van der Waals surface area contributed by atoms with Gasteiger partial charge in [0.25, 0.3) is 0 Å². The van der Waals surface area contributed by atoms with E-state index in [1.165, 1.54) is 13.8 Å². The zero-order valence-corrected chi connectivity index (χ0v) is 42.0. The molecule has 0 radical (unpaired) electrons. The molecular weight excluding hydrogens is 931 g/mol. The van der Waals surface area contributed by atoms with Gasteiger partial charge in [-0.1, -0.05) is 97.1 Å². The maximum absolute atomic E-state index is 12.2. The number of hydrogen-bond donors (Lipinski definition) is 4. The molecule has 2 amide bonds. The first-order valence-electron chi connectivity index (χ1n) is 19.6. The van der Waals surface area contributed by atoms with E-state index in [2.05, 4.69) is 14.8 Å². The summed E-state index contributed by atoms with van der Waals surface area (Å²) in [5.41, 5.74) is 1.67. The fourth-order valence-corrected chi connectivity index (χ4v) is 7.70. The van der Waals surface area contributed by atoms with Crippen LogP contribution in [0.4, 0.5) is 0 Å². The van der Waals surface area contributed by atoms with Crippen LogP contribution in [0.3, 0.4) is 0 Å². The minimum Gasteiger partial charge on any atom is -0.726 e. The fourth-order valence-electron chi connectivity index (χ4n) is 6.69. The Kier molecular flexibility index (Phi) is 24.1. The Morgan fingerprint density at radius 1 is 0.606 bits per heavy atom. The number of rotatable bonds is 18. The van der Waals surface area contributed by atoms with Gasteiger partial charge in [-0.05, 0) is 35.4 Å². The first kappa shape index (κ1) is 57.2. The summed E-state index contributed by atoms with van der Waals surface area (Å²) in [4.78, 5) is 23.6. The number of nitrogens with one attached hydrogen (secondary N) is 2. The van der Waals surface area contributed by atoms with E-state index in [0.717, 1.165) is 11.1 Å². The number of carbonyl (C=O) groups is 2. The molecule has 2 saturated heterocycles. The third-order valence-electron chi connectivity index (χ3n) is 9.37. The van der Waals surface area contributed by atoms with Crippen molar-refractivity contribution in [1.82, 2.24) is 10.6 Å². The van der Waals surface area contributed by atoms with Crippen LogP contribution < -0.4 is 79.2 Å². The van der Waals surface area contributed by atoms with Crippen LogP contribution in [0.25, 0.3) is 0 Å². The molecule has 0 bridgehead atoms. The number of carbonyl (C=O) groups excluding carboxylic acids is 2. The summed E-state index contributed by atoms with van der Waals surface area (Å²) < 4.78 is 112. The molecule has 4 aromatic carbocycles. The van der Waals surface area contributed by atoms with Crippen LogP contribution in [-0.2, 0) is 70.9 Å². The van der Waals surface area contributed by atoms with Gasteiger partial charge in [0.15, 0.2) is 0 Å². The number of aliphatic hydroxyl groups excluding tert-OH is 2. The molecule has 0 aliphatic carbocycles. The van der Waals surface area contributed by atoms with Crippen molar-refractivity contribution in [1.29, 1.82) is 0 Å². The van der Waals surface area contributed by atoms with Crippen LogP contribution in [0.2, 0.25) is 0 Å². The van der Waals surface area contributed by atoms with E-state index >= 15 is 0 Å². The molecule has 6 rings (SSSR count). The summed E-state index contributed by atoms with van der Waals surface area (Å²) in [6.07, 6.45) is -10.9. The van der Waals surface area contributed by atoms with Crippen molar-refractivity contribution in [2.24, 2.45) is 0 Å². The molecule has 4 unspecified atom stereocenters. The van der Waals surface area contributed by atoms with Crippen LogP contribution in [0.15, 0.2) is 121 Å². The van der Waals surface area contributed by atoms with Crippen LogP contribution >= 0.6 is 0 Å². The number of para-hydroxylation sites is 2. The molecule has 4 N–H and O–H groups in total. The normalized spacial score (nSPS) is 25.0. The predicted octanol–water partition coefficient (Wildman–Crippen LogP) is -4.56. The van der Waals surface area contributed by atoms with Crippen molar-refractivity contribution in [3.8, 4) is 11.5 Å². The minimum atomic E-state index is -5.20.